The van der Waals surface area contributed by atoms with Gasteiger partial charge in [0.1, 0.15) is 11.8 Å². The molecule has 4 aromatic rings. The summed E-state index contributed by atoms with van der Waals surface area (Å²) in [5, 5.41) is 13.5. The summed E-state index contributed by atoms with van der Waals surface area (Å²) >= 11 is 0. The number of carboxylic acids is 1. The molecule has 0 aliphatic carbocycles. The highest BCUT2D eigenvalue weighted by Gasteiger charge is 2.56. The molecule has 0 bridgehead atoms. The lowest BCUT2D eigenvalue weighted by Gasteiger charge is -2.30. The summed E-state index contributed by atoms with van der Waals surface area (Å²) in [4.78, 5) is 23.9. The molecule has 0 aliphatic heterocycles. The Labute approximate surface area is 224 Å². The van der Waals surface area contributed by atoms with Gasteiger partial charge in [-0.25, -0.2) is 9.88 Å². The second-order valence-electron chi connectivity index (χ2n) is 9.12. The standard InChI is InChI=1S/C29H28F2NO6P/c1-3-4-16-37-28(35)19(2)32-39(36,38-26-11-7-9-21-8-5-6-10-25(21)26)29(30,31)24-15-14-20-12-13-22(27(33)34)17-23(20)18-24/h5-15,17-19H,3-4,16H2,1-2H3,(H,32,36)(H,33,34)/t19-,39?/m0/s1. The lowest BCUT2D eigenvalue weighted by molar-refractivity contribution is -0.145. The van der Waals surface area contributed by atoms with Gasteiger partial charge in [0.2, 0.25) is 0 Å². The molecule has 0 radical (unpaired) electrons. The van der Waals surface area contributed by atoms with E-state index in [9.17, 15) is 19.3 Å². The van der Waals surface area contributed by atoms with Crippen molar-refractivity contribution in [2.75, 3.05) is 6.61 Å². The summed E-state index contributed by atoms with van der Waals surface area (Å²) in [5.74, 6) is -2.11. The van der Waals surface area contributed by atoms with Gasteiger partial charge in [-0.1, -0.05) is 67.9 Å². The third kappa shape index (κ3) is 5.95. The van der Waals surface area contributed by atoms with E-state index >= 15 is 8.78 Å². The fraction of sp³-hybridized carbons (Fsp3) is 0.241. The zero-order valence-corrected chi connectivity index (χ0v) is 22.3. The van der Waals surface area contributed by atoms with Crippen molar-refractivity contribution in [2.24, 2.45) is 0 Å². The van der Waals surface area contributed by atoms with E-state index in [4.69, 9.17) is 9.26 Å². The van der Waals surface area contributed by atoms with Gasteiger partial charge in [-0.15, -0.1) is 0 Å². The largest absolute Gasteiger partial charge is 0.478 e. The molecule has 0 heterocycles. The van der Waals surface area contributed by atoms with Gasteiger partial charge in [-0.05, 0) is 53.8 Å². The van der Waals surface area contributed by atoms with Crippen LogP contribution >= 0.6 is 7.52 Å². The lowest BCUT2D eigenvalue weighted by atomic mass is 10.0. The number of hydrogen-bond acceptors (Lipinski definition) is 5. The highest BCUT2D eigenvalue weighted by Crippen LogP contribution is 2.63. The van der Waals surface area contributed by atoms with E-state index in [1.165, 1.54) is 37.3 Å². The highest BCUT2D eigenvalue weighted by atomic mass is 31.2. The van der Waals surface area contributed by atoms with Crippen LogP contribution in [0.15, 0.2) is 78.9 Å². The maximum Gasteiger partial charge on any atom is 0.390 e. The number of esters is 1. The Bertz CT molecular complexity index is 1570. The summed E-state index contributed by atoms with van der Waals surface area (Å²) in [6.07, 6.45) is 1.36. The van der Waals surface area contributed by atoms with E-state index in [2.05, 4.69) is 5.09 Å². The van der Waals surface area contributed by atoms with E-state index < -0.39 is 36.7 Å². The molecule has 0 saturated carbocycles. The molecular weight excluding hydrogens is 527 g/mol. The van der Waals surface area contributed by atoms with Crippen molar-refractivity contribution in [3.63, 3.8) is 0 Å². The Hall–Kier alpha value is -3.81. The van der Waals surface area contributed by atoms with E-state index in [-0.39, 0.29) is 23.3 Å². The highest BCUT2D eigenvalue weighted by molar-refractivity contribution is 7.58. The van der Waals surface area contributed by atoms with Crippen molar-refractivity contribution in [1.29, 1.82) is 0 Å². The number of alkyl halides is 2. The van der Waals surface area contributed by atoms with Crippen molar-refractivity contribution in [3.8, 4) is 5.75 Å². The number of fused-ring (bicyclic) bond motifs is 2. The summed E-state index contributed by atoms with van der Waals surface area (Å²) in [6.45, 7) is 3.29. The zero-order valence-electron chi connectivity index (χ0n) is 21.4. The van der Waals surface area contributed by atoms with E-state index in [1.54, 1.807) is 36.4 Å². The quantitative estimate of drug-likeness (QED) is 0.113. The summed E-state index contributed by atoms with van der Waals surface area (Å²) in [5.41, 5.74) is -4.88. The van der Waals surface area contributed by atoms with Gasteiger partial charge >= 0.3 is 25.1 Å². The molecule has 0 aromatic heterocycles. The van der Waals surface area contributed by atoms with Crippen LogP contribution in [0.25, 0.3) is 21.5 Å². The van der Waals surface area contributed by atoms with E-state index in [0.717, 1.165) is 18.6 Å². The molecule has 0 spiro atoms. The third-order valence-corrected chi connectivity index (χ3v) is 8.42. The molecule has 4 aromatic carbocycles. The Kier molecular flexibility index (Phi) is 8.33. The molecule has 2 N–H and O–H groups in total. The Morgan fingerprint density at radius 1 is 0.974 bits per heavy atom. The number of carboxylic acid groups (broad SMARTS) is 1. The number of rotatable bonds is 11. The van der Waals surface area contributed by atoms with Crippen LogP contribution < -0.4 is 9.61 Å². The predicted molar refractivity (Wildman–Crippen MR) is 145 cm³/mol. The van der Waals surface area contributed by atoms with Gasteiger partial charge in [0.05, 0.1) is 12.2 Å². The van der Waals surface area contributed by atoms with Crippen LogP contribution in [-0.4, -0.2) is 29.7 Å². The second kappa shape index (κ2) is 11.5. The van der Waals surface area contributed by atoms with Crippen molar-refractivity contribution in [1.82, 2.24) is 5.09 Å². The van der Waals surface area contributed by atoms with Crippen molar-refractivity contribution >= 4 is 41.0 Å². The SMILES string of the molecule is CCCCOC(=O)[C@H](C)NP(=O)(Oc1cccc2ccccc12)C(F)(F)c1ccc2ccc(C(=O)O)cc2c1. The van der Waals surface area contributed by atoms with Crippen molar-refractivity contribution < 1.29 is 37.3 Å². The first-order chi connectivity index (χ1) is 18.6. The Balaban J connectivity index is 1.78. The lowest BCUT2D eigenvalue weighted by Crippen LogP contribution is -2.39. The van der Waals surface area contributed by atoms with Crippen LogP contribution in [0, 0.1) is 0 Å². The molecule has 4 rings (SSSR count). The smallest absolute Gasteiger partial charge is 0.390 e. The molecular formula is C29H28F2NO6P. The second-order valence-corrected chi connectivity index (χ2v) is 11.2. The molecule has 2 atom stereocenters. The van der Waals surface area contributed by atoms with Crippen LogP contribution in [0.1, 0.15) is 42.6 Å². The molecule has 39 heavy (non-hydrogen) atoms. The number of unbranched alkanes of at least 4 members (excludes halogenated alkanes) is 1. The molecule has 0 fully saturated rings. The monoisotopic (exact) mass is 555 g/mol. The van der Waals surface area contributed by atoms with Gasteiger partial charge in [-0.3, -0.25) is 9.36 Å². The zero-order chi connectivity index (χ0) is 28.2. The molecule has 0 amide bonds. The first-order valence-corrected chi connectivity index (χ1v) is 14.1. The molecule has 0 saturated heterocycles. The molecule has 204 valence electrons. The van der Waals surface area contributed by atoms with Crippen LogP contribution in [0.5, 0.6) is 5.75 Å². The maximum atomic E-state index is 16.3. The van der Waals surface area contributed by atoms with Gasteiger partial charge < -0.3 is 14.4 Å². The molecule has 7 nitrogen and oxygen atoms in total. The van der Waals surface area contributed by atoms with Crippen LogP contribution in [0.3, 0.4) is 0 Å². The Morgan fingerprint density at radius 3 is 2.44 bits per heavy atom. The number of benzene rings is 4. The normalized spacial score (nSPS) is 14.1. The summed E-state index contributed by atoms with van der Waals surface area (Å²) in [6, 6.07) is 18.0. The number of ether oxygens (including phenoxy) is 1. The maximum absolute atomic E-state index is 16.3. The summed E-state index contributed by atoms with van der Waals surface area (Å²) in [7, 11) is -5.23. The average molecular weight is 556 g/mol. The number of hydrogen-bond donors (Lipinski definition) is 2. The fourth-order valence-electron chi connectivity index (χ4n) is 4.07. The minimum Gasteiger partial charge on any atom is -0.478 e. The number of aromatic carboxylic acids is 1. The molecule has 1 unspecified atom stereocenters. The minimum atomic E-state index is -5.23. The van der Waals surface area contributed by atoms with Gasteiger partial charge in [0.15, 0.2) is 0 Å². The topological polar surface area (TPSA) is 102 Å². The van der Waals surface area contributed by atoms with Gasteiger partial charge in [-0.2, -0.15) is 8.78 Å². The fourth-order valence-corrected chi connectivity index (χ4v) is 5.93. The van der Waals surface area contributed by atoms with Crippen LogP contribution in [0.2, 0.25) is 0 Å². The van der Waals surface area contributed by atoms with Crippen molar-refractivity contribution in [2.45, 2.75) is 38.4 Å². The van der Waals surface area contributed by atoms with Gasteiger partial charge in [0, 0.05) is 10.9 Å². The van der Waals surface area contributed by atoms with Crippen molar-refractivity contribution in [3.05, 3.63) is 90.0 Å². The van der Waals surface area contributed by atoms with Gasteiger partial charge in [0.25, 0.3) is 0 Å². The Morgan fingerprint density at radius 2 is 1.69 bits per heavy atom. The average Bonchev–Trinajstić information content (AvgIpc) is 2.92. The number of carbonyl (C=O) groups is 2. The number of halogens is 2. The first kappa shape index (κ1) is 28.2. The van der Waals surface area contributed by atoms with Crippen LogP contribution in [0.4, 0.5) is 8.78 Å². The molecule has 10 heteroatoms. The van der Waals surface area contributed by atoms with E-state index in [0.29, 0.717) is 22.6 Å². The number of carbonyl (C=O) groups excluding carboxylic acids is 1. The molecule has 0 aliphatic rings. The third-order valence-electron chi connectivity index (χ3n) is 6.24. The minimum absolute atomic E-state index is 0.0517. The van der Waals surface area contributed by atoms with E-state index in [1.807, 2.05) is 6.92 Å². The number of nitrogens with one attached hydrogen (secondary N) is 1. The first-order valence-electron chi connectivity index (χ1n) is 12.4. The van der Waals surface area contributed by atoms with Crippen LogP contribution in [-0.2, 0) is 19.8 Å². The predicted octanol–water partition coefficient (Wildman–Crippen LogP) is 7.33. The summed E-state index contributed by atoms with van der Waals surface area (Å²) < 4.78 is 57.6.